The lowest BCUT2D eigenvalue weighted by atomic mass is 10.1. The van der Waals surface area contributed by atoms with Crippen LogP contribution in [0.2, 0.25) is 0 Å². The SMILES string of the molecule is CCCCNC(=O)[C@H](CC)N(Cc1cccc(OC)c1)C(=O)CCCN(c1ccc2c(c1)OCO2)S(C)(=O)=O. The van der Waals surface area contributed by atoms with E-state index in [-0.39, 0.29) is 44.5 Å². The van der Waals surface area contributed by atoms with Crippen molar-refractivity contribution in [3.05, 3.63) is 48.0 Å². The fourth-order valence-corrected chi connectivity index (χ4v) is 5.39. The smallest absolute Gasteiger partial charge is 0.242 e. The van der Waals surface area contributed by atoms with Crippen molar-refractivity contribution in [1.29, 1.82) is 0 Å². The van der Waals surface area contributed by atoms with Crippen LogP contribution in [0.3, 0.4) is 0 Å². The summed E-state index contributed by atoms with van der Waals surface area (Å²) in [4.78, 5) is 28.2. The minimum absolute atomic E-state index is 0.0687. The number of fused-ring (bicyclic) bond motifs is 1. The maximum Gasteiger partial charge on any atom is 0.242 e. The van der Waals surface area contributed by atoms with Gasteiger partial charge in [0.25, 0.3) is 0 Å². The Bertz CT molecular complexity index is 1240. The number of unbranched alkanes of at least 4 members (excludes halogenated alkanes) is 1. The largest absolute Gasteiger partial charge is 0.497 e. The third kappa shape index (κ3) is 8.26. The summed E-state index contributed by atoms with van der Waals surface area (Å²) in [5, 5.41) is 2.95. The van der Waals surface area contributed by atoms with Gasteiger partial charge in [0.15, 0.2) is 11.5 Å². The number of nitrogens with one attached hydrogen (secondary N) is 1. The third-order valence-corrected chi connectivity index (χ3v) is 7.69. The van der Waals surface area contributed by atoms with E-state index in [0.29, 0.717) is 35.9 Å². The molecule has 3 rings (SSSR count). The van der Waals surface area contributed by atoms with Crippen LogP contribution in [0.25, 0.3) is 0 Å². The second-order valence-electron chi connectivity index (χ2n) is 9.42. The molecule has 0 saturated carbocycles. The van der Waals surface area contributed by atoms with Gasteiger partial charge in [-0.25, -0.2) is 8.42 Å². The molecule has 0 bridgehead atoms. The monoisotopic (exact) mass is 561 g/mol. The first-order chi connectivity index (χ1) is 18.7. The van der Waals surface area contributed by atoms with Crippen molar-refractivity contribution >= 4 is 27.5 Å². The van der Waals surface area contributed by atoms with Crippen LogP contribution >= 0.6 is 0 Å². The zero-order chi connectivity index (χ0) is 28.4. The molecule has 39 heavy (non-hydrogen) atoms. The molecule has 2 amide bonds. The molecule has 0 unspecified atom stereocenters. The van der Waals surface area contributed by atoms with Gasteiger partial charge in [0, 0.05) is 32.1 Å². The minimum atomic E-state index is -3.62. The van der Waals surface area contributed by atoms with Gasteiger partial charge in [0.2, 0.25) is 28.6 Å². The number of rotatable bonds is 15. The Labute approximate surface area is 231 Å². The molecule has 2 aromatic carbocycles. The highest BCUT2D eigenvalue weighted by atomic mass is 32.2. The summed E-state index contributed by atoms with van der Waals surface area (Å²) in [5.74, 6) is 1.27. The first-order valence-electron chi connectivity index (χ1n) is 13.2. The van der Waals surface area contributed by atoms with Crippen molar-refractivity contribution in [3.8, 4) is 17.2 Å². The predicted molar refractivity (Wildman–Crippen MR) is 150 cm³/mol. The molecule has 1 aliphatic heterocycles. The first-order valence-corrected chi connectivity index (χ1v) is 15.1. The molecule has 0 radical (unpaired) electrons. The summed E-state index contributed by atoms with van der Waals surface area (Å²) >= 11 is 0. The molecular formula is C28H39N3O7S. The van der Waals surface area contributed by atoms with Crippen molar-refractivity contribution in [1.82, 2.24) is 10.2 Å². The highest BCUT2D eigenvalue weighted by Gasteiger charge is 2.29. The highest BCUT2D eigenvalue weighted by Crippen LogP contribution is 2.36. The molecule has 10 nitrogen and oxygen atoms in total. The average Bonchev–Trinajstić information content (AvgIpc) is 3.38. The van der Waals surface area contributed by atoms with Crippen LogP contribution in [0.4, 0.5) is 5.69 Å². The van der Waals surface area contributed by atoms with Gasteiger partial charge < -0.3 is 24.4 Å². The van der Waals surface area contributed by atoms with Gasteiger partial charge in [-0.15, -0.1) is 0 Å². The molecule has 0 spiro atoms. The second-order valence-corrected chi connectivity index (χ2v) is 11.3. The Morgan fingerprint density at radius 3 is 2.54 bits per heavy atom. The Morgan fingerprint density at radius 1 is 1.08 bits per heavy atom. The van der Waals surface area contributed by atoms with E-state index in [2.05, 4.69) is 5.32 Å². The van der Waals surface area contributed by atoms with Crippen LogP contribution in [-0.2, 0) is 26.2 Å². The predicted octanol–water partition coefficient (Wildman–Crippen LogP) is 3.69. The fourth-order valence-electron chi connectivity index (χ4n) is 4.44. The van der Waals surface area contributed by atoms with E-state index in [9.17, 15) is 18.0 Å². The van der Waals surface area contributed by atoms with Crippen LogP contribution in [0.1, 0.15) is 51.5 Å². The zero-order valence-corrected chi connectivity index (χ0v) is 24.0. The molecule has 11 heteroatoms. The highest BCUT2D eigenvalue weighted by molar-refractivity contribution is 7.92. The van der Waals surface area contributed by atoms with Gasteiger partial charge in [-0.05, 0) is 49.1 Å². The van der Waals surface area contributed by atoms with Crippen molar-refractivity contribution < 1.29 is 32.2 Å². The summed E-state index contributed by atoms with van der Waals surface area (Å²) < 4.78 is 42.5. The Balaban J connectivity index is 1.76. The van der Waals surface area contributed by atoms with Crippen LogP contribution in [0.5, 0.6) is 17.2 Å². The molecule has 0 aliphatic carbocycles. The minimum Gasteiger partial charge on any atom is -0.497 e. The van der Waals surface area contributed by atoms with Gasteiger partial charge in [-0.1, -0.05) is 32.4 Å². The molecule has 1 atom stereocenters. The number of sulfonamides is 1. The molecule has 214 valence electrons. The zero-order valence-electron chi connectivity index (χ0n) is 23.1. The lowest BCUT2D eigenvalue weighted by Crippen LogP contribution is -2.49. The quantitative estimate of drug-likeness (QED) is 0.330. The van der Waals surface area contributed by atoms with Gasteiger partial charge >= 0.3 is 0 Å². The number of amides is 2. The molecule has 0 saturated heterocycles. The summed E-state index contributed by atoms with van der Waals surface area (Å²) in [6.07, 6.45) is 3.71. The van der Waals surface area contributed by atoms with Crippen molar-refractivity contribution in [2.75, 3.05) is 37.6 Å². The van der Waals surface area contributed by atoms with E-state index < -0.39 is 16.1 Å². The van der Waals surface area contributed by atoms with E-state index in [1.165, 1.54) is 4.31 Å². The van der Waals surface area contributed by atoms with Crippen molar-refractivity contribution in [2.24, 2.45) is 0 Å². The Morgan fingerprint density at radius 2 is 1.85 bits per heavy atom. The molecule has 1 N–H and O–H groups in total. The molecule has 0 fully saturated rings. The van der Waals surface area contributed by atoms with Crippen LogP contribution in [-0.4, -0.2) is 64.4 Å². The van der Waals surface area contributed by atoms with Crippen LogP contribution < -0.4 is 23.8 Å². The first kappa shape index (κ1) is 30.1. The lowest BCUT2D eigenvalue weighted by Gasteiger charge is -2.31. The Kier molecular flexibility index (Phi) is 10.8. The number of hydrogen-bond donors (Lipinski definition) is 1. The van der Waals surface area contributed by atoms with E-state index >= 15 is 0 Å². The second kappa shape index (κ2) is 14.1. The number of methoxy groups -OCH3 is 1. The number of benzene rings is 2. The van der Waals surface area contributed by atoms with Gasteiger partial charge in [-0.2, -0.15) is 0 Å². The summed E-state index contributed by atoms with van der Waals surface area (Å²) in [6, 6.07) is 11.7. The Hall–Kier alpha value is -3.47. The van der Waals surface area contributed by atoms with Crippen molar-refractivity contribution in [2.45, 2.75) is 58.5 Å². The molecule has 1 heterocycles. The average molecular weight is 562 g/mol. The van der Waals surface area contributed by atoms with Crippen LogP contribution in [0, 0.1) is 0 Å². The summed E-state index contributed by atoms with van der Waals surface area (Å²) in [5.41, 5.74) is 1.27. The van der Waals surface area contributed by atoms with Crippen molar-refractivity contribution in [3.63, 3.8) is 0 Å². The topological polar surface area (TPSA) is 114 Å². The number of nitrogens with zero attached hydrogens (tertiary/aromatic N) is 2. The van der Waals surface area contributed by atoms with Gasteiger partial charge in [-0.3, -0.25) is 13.9 Å². The van der Waals surface area contributed by atoms with E-state index in [4.69, 9.17) is 14.2 Å². The summed E-state index contributed by atoms with van der Waals surface area (Å²) in [7, 11) is -2.05. The number of carbonyl (C=O) groups is 2. The molecular weight excluding hydrogens is 522 g/mol. The third-order valence-electron chi connectivity index (χ3n) is 6.50. The van der Waals surface area contributed by atoms with Gasteiger partial charge in [0.1, 0.15) is 11.8 Å². The van der Waals surface area contributed by atoms with Crippen LogP contribution in [0.15, 0.2) is 42.5 Å². The van der Waals surface area contributed by atoms with E-state index in [1.807, 2.05) is 38.1 Å². The van der Waals surface area contributed by atoms with Gasteiger partial charge in [0.05, 0.1) is 19.1 Å². The molecule has 1 aliphatic rings. The standard InChI is InChI=1S/C28H39N3O7S/c1-5-7-15-29-28(33)24(6-2)30(19-21-10-8-11-23(17-21)36-3)27(32)12-9-16-31(39(4,34)35)22-13-14-25-26(18-22)38-20-37-25/h8,10-11,13-14,17-18,24H,5-7,9,12,15-16,19-20H2,1-4H3,(H,29,33)/t24-/m0/s1. The van der Waals surface area contributed by atoms with E-state index in [1.54, 1.807) is 30.2 Å². The normalized spacial score (nSPS) is 13.0. The fraction of sp³-hybridized carbons (Fsp3) is 0.500. The lowest BCUT2D eigenvalue weighted by molar-refractivity contribution is -0.141. The maximum atomic E-state index is 13.6. The maximum absolute atomic E-state index is 13.6. The molecule has 2 aromatic rings. The number of ether oxygens (including phenoxy) is 3. The molecule has 0 aromatic heterocycles. The number of anilines is 1. The van der Waals surface area contributed by atoms with E-state index in [0.717, 1.165) is 24.7 Å². The summed E-state index contributed by atoms with van der Waals surface area (Å²) in [6.45, 7) is 4.88. The number of carbonyl (C=O) groups excluding carboxylic acids is 2. The number of hydrogen-bond acceptors (Lipinski definition) is 7.